The third-order valence-electron chi connectivity index (χ3n) is 4.85. The molecular weight excluding hydrogens is 422 g/mol. The number of fused-ring (bicyclic) bond motifs is 1. The average Bonchev–Trinajstić information content (AvgIpc) is 2.70. The van der Waals surface area contributed by atoms with Crippen molar-refractivity contribution in [1.29, 1.82) is 0 Å². The number of para-hydroxylation sites is 1. The van der Waals surface area contributed by atoms with E-state index in [-0.39, 0.29) is 24.1 Å². The monoisotopic (exact) mass is 443 g/mol. The second-order valence-corrected chi connectivity index (χ2v) is 7.54. The van der Waals surface area contributed by atoms with E-state index in [9.17, 15) is 14.4 Å². The zero-order chi connectivity index (χ0) is 20.3. The topological polar surface area (TPSA) is 73.1 Å². The molecule has 1 heterocycles. The Balaban J connectivity index is 1.96. The van der Waals surface area contributed by atoms with Crippen molar-refractivity contribution in [3.05, 3.63) is 79.4 Å². The fourth-order valence-electron chi connectivity index (χ4n) is 3.10. The van der Waals surface area contributed by atoms with Gasteiger partial charge in [0.05, 0.1) is 10.9 Å². The number of hydrogen-bond acceptors (Lipinski definition) is 3. The highest BCUT2D eigenvalue weighted by atomic mass is 79.9. The van der Waals surface area contributed by atoms with Gasteiger partial charge in [0, 0.05) is 17.1 Å². The SMILES string of the molecule is CC[C@@H](C)n1c(=O)c2ccccc2n(CC(=O)NCc2ccccc2Br)c1=O. The van der Waals surface area contributed by atoms with E-state index in [1.165, 1.54) is 9.13 Å². The van der Waals surface area contributed by atoms with Gasteiger partial charge in [-0.25, -0.2) is 4.79 Å². The van der Waals surface area contributed by atoms with Gasteiger partial charge in [0.2, 0.25) is 5.91 Å². The summed E-state index contributed by atoms with van der Waals surface area (Å²) in [7, 11) is 0. The molecule has 0 aliphatic rings. The summed E-state index contributed by atoms with van der Waals surface area (Å²) in [6, 6.07) is 14.3. The van der Waals surface area contributed by atoms with Gasteiger partial charge in [-0.05, 0) is 37.1 Å². The normalized spacial score (nSPS) is 12.1. The van der Waals surface area contributed by atoms with Gasteiger partial charge in [-0.15, -0.1) is 0 Å². The van der Waals surface area contributed by atoms with Crippen LogP contribution in [0.15, 0.2) is 62.6 Å². The number of nitrogens with zero attached hydrogens (tertiary/aromatic N) is 2. The van der Waals surface area contributed by atoms with Crippen LogP contribution in [0.2, 0.25) is 0 Å². The zero-order valence-corrected chi connectivity index (χ0v) is 17.4. The summed E-state index contributed by atoms with van der Waals surface area (Å²) in [6.45, 7) is 3.94. The lowest BCUT2D eigenvalue weighted by atomic mass is 10.2. The van der Waals surface area contributed by atoms with Gasteiger partial charge in [0.25, 0.3) is 5.56 Å². The van der Waals surface area contributed by atoms with Crippen LogP contribution < -0.4 is 16.6 Å². The summed E-state index contributed by atoms with van der Waals surface area (Å²) in [5.74, 6) is -0.294. The largest absolute Gasteiger partial charge is 0.350 e. The predicted molar refractivity (Wildman–Crippen MR) is 113 cm³/mol. The van der Waals surface area contributed by atoms with Gasteiger partial charge in [-0.3, -0.25) is 18.7 Å². The Kier molecular flexibility index (Phi) is 6.14. The first-order valence-electron chi connectivity index (χ1n) is 9.18. The number of carbonyl (C=O) groups is 1. The second-order valence-electron chi connectivity index (χ2n) is 6.69. The number of aromatic nitrogens is 2. The van der Waals surface area contributed by atoms with Crippen LogP contribution >= 0.6 is 15.9 Å². The molecule has 1 N–H and O–H groups in total. The molecule has 0 spiro atoms. The minimum Gasteiger partial charge on any atom is -0.350 e. The lowest BCUT2D eigenvalue weighted by Crippen LogP contribution is -2.43. The predicted octanol–water partition coefficient (Wildman–Crippen LogP) is 3.21. The maximum absolute atomic E-state index is 13.0. The molecule has 3 rings (SSSR count). The summed E-state index contributed by atoms with van der Waals surface area (Å²) < 4.78 is 3.52. The van der Waals surface area contributed by atoms with Crippen molar-refractivity contribution in [2.24, 2.45) is 0 Å². The first-order chi connectivity index (χ1) is 13.4. The van der Waals surface area contributed by atoms with E-state index in [4.69, 9.17) is 0 Å². The summed E-state index contributed by atoms with van der Waals surface area (Å²) >= 11 is 3.45. The van der Waals surface area contributed by atoms with E-state index in [1.54, 1.807) is 24.3 Å². The van der Waals surface area contributed by atoms with Crippen LogP contribution in [-0.2, 0) is 17.9 Å². The van der Waals surface area contributed by atoms with E-state index >= 15 is 0 Å². The Bertz CT molecular complexity index is 1130. The summed E-state index contributed by atoms with van der Waals surface area (Å²) in [5, 5.41) is 3.27. The molecule has 0 aliphatic heterocycles. The van der Waals surface area contributed by atoms with Crippen LogP contribution in [0, 0.1) is 0 Å². The summed E-state index contributed by atoms with van der Waals surface area (Å²) in [4.78, 5) is 38.3. The molecule has 7 heteroatoms. The smallest absolute Gasteiger partial charge is 0.332 e. The molecule has 0 aliphatic carbocycles. The van der Waals surface area contributed by atoms with Gasteiger partial charge >= 0.3 is 5.69 Å². The number of carbonyl (C=O) groups excluding carboxylic acids is 1. The molecule has 3 aromatic rings. The number of amides is 1. The number of halogens is 1. The van der Waals surface area contributed by atoms with Gasteiger partial charge < -0.3 is 5.32 Å². The van der Waals surface area contributed by atoms with E-state index in [2.05, 4.69) is 21.2 Å². The zero-order valence-electron chi connectivity index (χ0n) is 15.8. The number of benzene rings is 2. The Morgan fingerprint density at radius 3 is 2.50 bits per heavy atom. The lowest BCUT2D eigenvalue weighted by molar-refractivity contribution is -0.121. The van der Waals surface area contributed by atoms with Crippen LogP contribution in [0.5, 0.6) is 0 Å². The molecule has 1 atom stereocenters. The van der Waals surface area contributed by atoms with Crippen molar-refractivity contribution in [1.82, 2.24) is 14.5 Å². The summed E-state index contributed by atoms with van der Waals surface area (Å²) in [6.07, 6.45) is 0.641. The maximum atomic E-state index is 13.0. The van der Waals surface area contributed by atoms with Gasteiger partial charge in [0.1, 0.15) is 6.54 Å². The standard InChI is InChI=1S/C21H22BrN3O3/c1-3-14(2)25-20(27)16-9-5-7-11-18(16)24(21(25)28)13-19(26)23-12-15-8-4-6-10-17(15)22/h4-11,14H,3,12-13H2,1-2H3,(H,23,26)/t14-/m1/s1. The number of hydrogen-bond donors (Lipinski definition) is 1. The van der Waals surface area contributed by atoms with Gasteiger partial charge in [-0.2, -0.15) is 0 Å². The van der Waals surface area contributed by atoms with Crippen LogP contribution in [-0.4, -0.2) is 15.0 Å². The van der Waals surface area contributed by atoms with Crippen molar-refractivity contribution in [2.45, 2.75) is 39.4 Å². The Labute approximate surface area is 170 Å². The van der Waals surface area contributed by atoms with Crippen LogP contribution in [0.1, 0.15) is 31.9 Å². The van der Waals surface area contributed by atoms with Crippen LogP contribution in [0.4, 0.5) is 0 Å². The van der Waals surface area contributed by atoms with Gasteiger partial charge in [0.15, 0.2) is 0 Å². The van der Waals surface area contributed by atoms with Crippen LogP contribution in [0.3, 0.4) is 0 Å². The highest BCUT2D eigenvalue weighted by Gasteiger charge is 2.17. The lowest BCUT2D eigenvalue weighted by Gasteiger charge is -2.17. The molecule has 2 aromatic carbocycles. The molecule has 0 unspecified atom stereocenters. The number of rotatable bonds is 6. The van der Waals surface area contributed by atoms with Crippen molar-refractivity contribution in [3.63, 3.8) is 0 Å². The average molecular weight is 444 g/mol. The third-order valence-corrected chi connectivity index (χ3v) is 5.62. The highest BCUT2D eigenvalue weighted by molar-refractivity contribution is 9.10. The Morgan fingerprint density at radius 1 is 1.11 bits per heavy atom. The molecule has 146 valence electrons. The molecule has 0 fully saturated rings. The first-order valence-corrected chi connectivity index (χ1v) is 9.97. The minimum atomic E-state index is -0.464. The minimum absolute atomic E-state index is 0.152. The van der Waals surface area contributed by atoms with E-state index < -0.39 is 5.69 Å². The molecule has 0 saturated carbocycles. The Hall–Kier alpha value is -2.67. The van der Waals surface area contributed by atoms with E-state index in [0.717, 1.165) is 10.0 Å². The highest BCUT2D eigenvalue weighted by Crippen LogP contribution is 2.15. The molecule has 1 amide bonds. The molecule has 0 radical (unpaired) electrons. The molecule has 0 bridgehead atoms. The van der Waals surface area contributed by atoms with Crippen LogP contribution in [0.25, 0.3) is 10.9 Å². The fraction of sp³-hybridized carbons (Fsp3) is 0.286. The third kappa shape index (κ3) is 3.94. The van der Waals surface area contributed by atoms with Crippen molar-refractivity contribution in [2.75, 3.05) is 0 Å². The first kappa shape index (κ1) is 20.1. The van der Waals surface area contributed by atoms with Gasteiger partial charge in [-0.1, -0.05) is 53.2 Å². The molecule has 1 aromatic heterocycles. The quantitative estimate of drug-likeness (QED) is 0.635. The summed E-state index contributed by atoms with van der Waals surface area (Å²) in [5.41, 5.74) is 0.625. The number of nitrogens with one attached hydrogen (secondary N) is 1. The molecule has 28 heavy (non-hydrogen) atoms. The maximum Gasteiger partial charge on any atom is 0.332 e. The van der Waals surface area contributed by atoms with E-state index in [1.807, 2.05) is 38.1 Å². The van der Waals surface area contributed by atoms with E-state index in [0.29, 0.717) is 23.9 Å². The fourth-order valence-corrected chi connectivity index (χ4v) is 3.52. The van der Waals surface area contributed by atoms with Crippen molar-refractivity contribution < 1.29 is 4.79 Å². The van der Waals surface area contributed by atoms with Crippen molar-refractivity contribution in [3.8, 4) is 0 Å². The molecular formula is C21H22BrN3O3. The molecule has 6 nitrogen and oxygen atoms in total. The second kappa shape index (κ2) is 8.56. The molecule has 0 saturated heterocycles. The Morgan fingerprint density at radius 2 is 1.79 bits per heavy atom. The van der Waals surface area contributed by atoms with Crippen molar-refractivity contribution >= 4 is 32.7 Å².